The minimum Gasteiger partial charge on any atom is -0.330 e. The van der Waals surface area contributed by atoms with Crippen LogP contribution in [-0.4, -0.2) is 33.8 Å². The molecule has 2 amide bonds. The first-order valence-electron chi connectivity index (χ1n) is 11.2. The molecule has 6 nitrogen and oxygen atoms in total. The summed E-state index contributed by atoms with van der Waals surface area (Å²) in [5, 5.41) is 2.81. The van der Waals surface area contributed by atoms with Crippen LogP contribution in [0.25, 0.3) is 0 Å². The Balaban J connectivity index is 1.54. The minimum absolute atomic E-state index is 0.0457. The molecule has 8 heteroatoms. The quantitative estimate of drug-likeness (QED) is 0.561. The van der Waals surface area contributed by atoms with Crippen LogP contribution in [0.2, 0.25) is 0 Å². The van der Waals surface area contributed by atoms with Gasteiger partial charge in [-0.05, 0) is 54.8 Å². The fourth-order valence-electron chi connectivity index (χ4n) is 4.30. The smallest absolute Gasteiger partial charge is 0.257 e. The SMILES string of the molecule is NC1CCCCC1N(Cc1ccc(NC(=O)c2cccnc2)cc1)C(=O)c1cc(F)cc(F)c1. The van der Waals surface area contributed by atoms with Crippen LogP contribution in [-0.2, 0) is 6.54 Å². The summed E-state index contributed by atoms with van der Waals surface area (Å²) >= 11 is 0. The highest BCUT2D eigenvalue weighted by atomic mass is 19.1. The van der Waals surface area contributed by atoms with Crippen molar-refractivity contribution >= 4 is 17.5 Å². The topological polar surface area (TPSA) is 88.3 Å². The zero-order valence-corrected chi connectivity index (χ0v) is 18.6. The van der Waals surface area contributed by atoms with E-state index in [0.29, 0.717) is 11.3 Å². The first-order valence-corrected chi connectivity index (χ1v) is 11.2. The van der Waals surface area contributed by atoms with E-state index in [1.54, 1.807) is 47.5 Å². The number of aromatic nitrogens is 1. The third kappa shape index (κ3) is 5.63. The summed E-state index contributed by atoms with van der Waals surface area (Å²) in [5.41, 5.74) is 8.15. The van der Waals surface area contributed by atoms with Crippen LogP contribution in [0.5, 0.6) is 0 Å². The summed E-state index contributed by atoms with van der Waals surface area (Å²) in [5.74, 6) is -2.34. The van der Waals surface area contributed by atoms with Crippen molar-refractivity contribution in [2.45, 2.75) is 44.3 Å². The number of hydrogen-bond acceptors (Lipinski definition) is 4. The number of hydrogen-bond donors (Lipinski definition) is 2. The summed E-state index contributed by atoms with van der Waals surface area (Å²) < 4.78 is 27.6. The number of amides is 2. The van der Waals surface area contributed by atoms with E-state index in [0.717, 1.165) is 49.4 Å². The van der Waals surface area contributed by atoms with E-state index in [4.69, 9.17) is 5.73 Å². The Labute approximate surface area is 196 Å². The van der Waals surface area contributed by atoms with E-state index in [1.165, 1.54) is 6.20 Å². The second-order valence-corrected chi connectivity index (χ2v) is 8.50. The van der Waals surface area contributed by atoms with Gasteiger partial charge in [-0.2, -0.15) is 0 Å². The highest BCUT2D eigenvalue weighted by molar-refractivity contribution is 6.04. The fourth-order valence-corrected chi connectivity index (χ4v) is 4.30. The molecule has 0 radical (unpaired) electrons. The number of rotatable bonds is 6. The average Bonchev–Trinajstić information content (AvgIpc) is 2.83. The van der Waals surface area contributed by atoms with E-state index >= 15 is 0 Å². The molecule has 2 unspecified atom stereocenters. The minimum atomic E-state index is -0.801. The Morgan fingerprint density at radius 1 is 1.00 bits per heavy atom. The number of anilines is 1. The predicted molar refractivity (Wildman–Crippen MR) is 125 cm³/mol. The van der Waals surface area contributed by atoms with Gasteiger partial charge in [-0.15, -0.1) is 0 Å². The molecule has 0 spiro atoms. The molecule has 0 saturated heterocycles. The van der Waals surface area contributed by atoms with Crippen molar-refractivity contribution in [1.82, 2.24) is 9.88 Å². The van der Waals surface area contributed by atoms with Crippen LogP contribution in [0.3, 0.4) is 0 Å². The normalized spacial score (nSPS) is 17.7. The third-order valence-electron chi connectivity index (χ3n) is 6.04. The van der Waals surface area contributed by atoms with Crippen molar-refractivity contribution in [3.8, 4) is 0 Å². The van der Waals surface area contributed by atoms with Gasteiger partial charge in [0.1, 0.15) is 11.6 Å². The van der Waals surface area contributed by atoms with Gasteiger partial charge in [-0.25, -0.2) is 8.78 Å². The summed E-state index contributed by atoms with van der Waals surface area (Å²) in [4.78, 5) is 31.2. The van der Waals surface area contributed by atoms with Crippen LogP contribution in [0, 0.1) is 11.6 Å². The second-order valence-electron chi connectivity index (χ2n) is 8.50. The molecule has 0 bridgehead atoms. The Morgan fingerprint density at radius 2 is 1.71 bits per heavy atom. The standard InChI is InChI=1S/C26H26F2N4O2/c27-20-12-19(13-21(28)14-20)26(34)32(24-6-2-1-5-23(24)29)16-17-7-9-22(10-8-17)31-25(33)18-4-3-11-30-15-18/h3-4,7-15,23-24H,1-2,5-6,16,29H2,(H,31,33). The molecule has 1 aromatic heterocycles. The van der Waals surface area contributed by atoms with Crippen LogP contribution in [0.1, 0.15) is 52.0 Å². The molecular formula is C26H26F2N4O2. The molecule has 1 heterocycles. The van der Waals surface area contributed by atoms with Gasteiger partial charge < -0.3 is 16.0 Å². The molecule has 1 aliphatic carbocycles. The predicted octanol–water partition coefficient (Wildman–Crippen LogP) is 4.52. The lowest BCUT2D eigenvalue weighted by Gasteiger charge is -2.38. The lowest BCUT2D eigenvalue weighted by Crippen LogP contribution is -2.51. The van der Waals surface area contributed by atoms with E-state index < -0.39 is 17.5 Å². The van der Waals surface area contributed by atoms with Gasteiger partial charge in [0.2, 0.25) is 0 Å². The molecule has 1 fully saturated rings. The first kappa shape index (κ1) is 23.5. The van der Waals surface area contributed by atoms with Gasteiger partial charge in [0.25, 0.3) is 11.8 Å². The Kier molecular flexibility index (Phi) is 7.27. The highest BCUT2D eigenvalue weighted by Gasteiger charge is 2.32. The lowest BCUT2D eigenvalue weighted by atomic mass is 9.89. The lowest BCUT2D eigenvalue weighted by molar-refractivity contribution is 0.0582. The maximum absolute atomic E-state index is 13.8. The number of nitrogens with one attached hydrogen (secondary N) is 1. The van der Waals surface area contributed by atoms with Gasteiger partial charge in [0.15, 0.2) is 0 Å². The largest absolute Gasteiger partial charge is 0.330 e. The summed E-state index contributed by atoms with van der Waals surface area (Å²) in [6, 6.07) is 12.8. The molecule has 3 aromatic rings. The van der Waals surface area contributed by atoms with Crippen LogP contribution in [0.15, 0.2) is 67.0 Å². The van der Waals surface area contributed by atoms with Gasteiger partial charge in [0, 0.05) is 48.3 Å². The molecule has 3 N–H and O–H groups in total. The first-order chi connectivity index (χ1) is 16.4. The monoisotopic (exact) mass is 464 g/mol. The maximum atomic E-state index is 13.8. The molecule has 1 saturated carbocycles. The third-order valence-corrected chi connectivity index (χ3v) is 6.04. The molecular weight excluding hydrogens is 438 g/mol. The van der Waals surface area contributed by atoms with E-state index in [2.05, 4.69) is 10.3 Å². The number of halogens is 2. The highest BCUT2D eigenvalue weighted by Crippen LogP contribution is 2.26. The molecule has 0 aliphatic heterocycles. The molecule has 1 aliphatic rings. The number of carbonyl (C=O) groups excluding carboxylic acids is 2. The van der Waals surface area contributed by atoms with Crippen molar-refractivity contribution < 1.29 is 18.4 Å². The van der Waals surface area contributed by atoms with Gasteiger partial charge in [0.05, 0.1) is 5.56 Å². The van der Waals surface area contributed by atoms with E-state index in [1.807, 2.05) is 0 Å². The van der Waals surface area contributed by atoms with Crippen molar-refractivity contribution in [2.24, 2.45) is 5.73 Å². The molecule has 176 valence electrons. The summed E-state index contributed by atoms with van der Waals surface area (Å²) in [6.07, 6.45) is 6.50. The van der Waals surface area contributed by atoms with Gasteiger partial charge >= 0.3 is 0 Å². The Bertz CT molecular complexity index is 1130. The van der Waals surface area contributed by atoms with Crippen molar-refractivity contribution in [3.05, 3.63) is 95.3 Å². The number of nitrogens with two attached hydrogens (primary N) is 1. The molecule has 34 heavy (non-hydrogen) atoms. The molecule has 2 atom stereocenters. The number of carbonyl (C=O) groups is 2. The Hall–Kier alpha value is -3.65. The van der Waals surface area contributed by atoms with Crippen LogP contribution < -0.4 is 11.1 Å². The number of benzene rings is 2. The van der Waals surface area contributed by atoms with Crippen molar-refractivity contribution in [3.63, 3.8) is 0 Å². The van der Waals surface area contributed by atoms with Gasteiger partial charge in [-0.3, -0.25) is 14.6 Å². The fraction of sp³-hybridized carbons (Fsp3) is 0.269. The van der Waals surface area contributed by atoms with Crippen molar-refractivity contribution in [2.75, 3.05) is 5.32 Å². The van der Waals surface area contributed by atoms with Crippen molar-refractivity contribution in [1.29, 1.82) is 0 Å². The zero-order chi connectivity index (χ0) is 24.1. The summed E-state index contributed by atoms with van der Waals surface area (Å²) in [7, 11) is 0. The molecule has 2 aromatic carbocycles. The van der Waals surface area contributed by atoms with Crippen LogP contribution >= 0.6 is 0 Å². The number of nitrogens with zero attached hydrogens (tertiary/aromatic N) is 2. The van der Waals surface area contributed by atoms with E-state index in [9.17, 15) is 18.4 Å². The van der Waals surface area contributed by atoms with E-state index in [-0.39, 0.29) is 30.1 Å². The average molecular weight is 465 g/mol. The number of pyridine rings is 1. The second kappa shape index (κ2) is 10.5. The Morgan fingerprint density at radius 3 is 2.35 bits per heavy atom. The van der Waals surface area contributed by atoms with Crippen LogP contribution in [0.4, 0.5) is 14.5 Å². The zero-order valence-electron chi connectivity index (χ0n) is 18.6. The molecule has 4 rings (SSSR count). The van der Waals surface area contributed by atoms with Gasteiger partial charge in [-0.1, -0.05) is 25.0 Å². The summed E-state index contributed by atoms with van der Waals surface area (Å²) in [6.45, 7) is 0.228. The maximum Gasteiger partial charge on any atom is 0.257 e.